The highest BCUT2D eigenvalue weighted by atomic mass is 16.7. The highest BCUT2D eigenvalue weighted by molar-refractivity contribution is 5.98. The second-order valence-corrected chi connectivity index (χ2v) is 4.21. The summed E-state index contributed by atoms with van der Waals surface area (Å²) in [5, 5.41) is 5.45. The Labute approximate surface area is 106 Å². The Bertz CT molecular complexity index is 562. The SMILES string of the molecule is CON(C)CNC(=O)c1ccc2c(C)c[nH]c2c1. The van der Waals surface area contributed by atoms with E-state index in [-0.39, 0.29) is 5.91 Å². The number of benzene rings is 1. The van der Waals surface area contributed by atoms with Crippen LogP contribution >= 0.6 is 0 Å². The van der Waals surface area contributed by atoms with E-state index in [1.807, 2.05) is 31.3 Å². The third-order valence-electron chi connectivity index (χ3n) is 2.92. The highest BCUT2D eigenvalue weighted by Crippen LogP contribution is 2.18. The standard InChI is InChI=1S/C13H17N3O2/c1-9-7-14-12-6-10(4-5-11(9)12)13(17)15-8-16(2)18-3/h4-7,14H,8H2,1-3H3,(H,15,17). The summed E-state index contributed by atoms with van der Waals surface area (Å²) in [7, 11) is 3.30. The molecule has 2 aromatic rings. The van der Waals surface area contributed by atoms with E-state index in [9.17, 15) is 4.79 Å². The first-order valence-corrected chi connectivity index (χ1v) is 5.73. The van der Waals surface area contributed by atoms with Crippen molar-refractivity contribution in [1.82, 2.24) is 15.4 Å². The minimum Gasteiger partial charge on any atom is -0.361 e. The van der Waals surface area contributed by atoms with Crippen molar-refractivity contribution < 1.29 is 9.63 Å². The van der Waals surface area contributed by atoms with Gasteiger partial charge in [-0.2, -0.15) is 5.06 Å². The molecular weight excluding hydrogens is 230 g/mol. The normalized spacial score (nSPS) is 11.1. The van der Waals surface area contributed by atoms with Gasteiger partial charge in [0, 0.05) is 29.7 Å². The maximum atomic E-state index is 11.9. The lowest BCUT2D eigenvalue weighted by Crippen LogP contribution is -2.34. The third kappa shape index (κ3) is 2.52. The molecule has 2 rings (SSSR count). The van der Waals surface area contributed by atoms with Crippen LogP contribution in [0, 0.1) is 6.92 Å². The maximum Gasteiger partial charge on any atom is 0.252 e. The number of fused-ring (bicyclic) bond motifs is 1. The van der Waals surface area contributed by atoms with Crippen LogP contribution in [0.1, 0.15) is 15.9 Å². The van der Waals surface area contributed by atoms with Gasteiger partial charge in [-0.25, -0.2) is 0 Å². The van der Waals surface area contributed by atoms with Crippen molar-refractivity contribution in [3.63, 3.8) is 0 Å². The Hall–Kier alpha value is -1.85. The first-order chi connectivity index (χ1) is 8.61. The summed E-state index contributed by atoms with van der Waals surface area (Å²) in [5.41, 5.74) is 2.78. The van der Waals surface area contributed by atoms with E-state index >= 15 is 0 Å². The Morgan fingerprint density at radius 3 is 3.00 bits per heavy atom. The van der Waals surface area contributed by atoms with Crippen molar-refractivity contribution in [1.29, 1.82) is 0 Å². The summed E-state index contributed by atoms with van der Waals surface area (Å²) in [6.07, 6.45) is 1.94. The number of aryl methyl sites for hydroxylation is 1. The van der Waals surface area contributed by atoms with Gasteiger partial charge in [0.15, 0.2) is 0 Å². The van der Waals surface area contributed by atoms with Gasteiger partial charge in [0.25, 0.3) is 5.91 Å². The lowest BCUT2D eigenvalue weighted by molar-refractivity contribution is -0.112. The number of hydrogen-bond donors (Lipinski definition) is 2. The monoisotopic (exact) mass is 247 g/mol. The van der Waals surface area contributed by atoms with Crippen molar-refractivity contribution in [2.75, 3.05) is 20.8 Å². The molecule has 2 N–H and O–H groups in total. The van der Waals surface area contributed by atoms with Crippen LogP contribution in [0.4, 0.5) is 0 Å². The number of carbonyl (C=O) groups is 1. The molecule has 0 saturated carbocycles. The van der Waals surface area contributed by atoms with Crippen LogP contribution in [0.5, 0.6) is 0 Å². The quantitative estimate of drug-likeness (QED) is 0.638. The molecule has 1 aromatic heterocycles. The first kappa shape index (κ1) is 12.6. The van der Waals surface area contributed by atoms with E-state index in [4.69, 9.17) is 4.84 Å². The van der Waals surface area contributed by atoms with E-state index in [2.05, 4.69) is 10.3 Å². The maximum absolute atomic E-state index is 11.9. The number of carbonyl (C=O) groups excluding carboxylic acids is 1. The zero-order valence-corrected chi connectivity index (χ0v) is 10.8. The molecule has 0 aliphatic rings. The van der Waals surface area contributed by atoms with Gasteiger partial charge in [-0.3, -0.25) is 4.79 Å². The summed E-state index contributed by atoms with van der Waals surface area (Å²) >= 11 is 0. The smallest absolute Gasteiger partial charge is 0.252 e. The molecule has 0 spiro atoms. The summed E-state index contributed by atoms with van der Waals surface area (Å²) < 4.78 is 0. The van der Waals surface area contributed by atoms with Crippen molar-refractivity contribution in [2.45, 2.75) is 6.92 Å². The molecule has 0 fully saturated rings. The fraction of sp³-hybridized carbons (Fsp3) is 0.308. The van der Waals surface area contributed by atoms with Gasteiger partial charge >= 0.3 is 0 Å². The fourth-order valence-electron chi connectivity index (χ4n) is 1.76. The molecule has 1 heterocycles. The average molecular weight is 247 g/mol. The van der Waals surface area contributed by atoms with E-state index in [1.165, 1.54) is 10.6 Å². The fourth-order valence-corrected chi connectivity index (χ4v) is 1.76. The zero-order chi connectivity index (χ0) is 13.1. The molecule has 0 aliphatic carbocycles. The number of hydroxylamine groups is 2. The Morgan fingerprint density at radius 1 is 1.50 bits per heavy atom. The topological polar surface area (TPSA) is 57.4 Å². The molecule has 0 aliphatic heterocycles. The van der Waals surface area contributed by atoms with Crippen molar-refractivity contribution >= 4 is 16.8 Å². The average Bonchev–Trinajstić information content (AvgIpc) is 2.76. The number of hydrogen-bond acceptors (Lipinski definition) is 3. The highest BCUT2D eigenvalue weighted by Gasteiger charge is 2.08. The van der Waals surface area contributed by atoms with E-state index in [1.54, 1.807) is 14.2 Å². The second kappa shape index (κ2) is 5.20. The molecule has 0 unspecified atom stereocenters. The lowest BCUT2D eigenvalue weighted by Gasteiger charge is -2.14. The molecule has 5 nitrogen and oxygen atoms in total. The first-order valence-electron chi connectivity index (χ1n) is 5.73. The number of aromatic amines is 1. The van der Waals surface area contributed by atoms with Crippen LogP contribution in [0.15, 0.2) is 24.4 Å². The van der Waals surface area contributed by atoms with Crippen LogP contribution in [-0.2, 0) is 4.84 Å². The molecule has 1 aromatic carbocycles. The number of nitrogens with zero attached hydrogens (tertiary/aromatic N) is 1. The van der Waals surface area contributed by atoms with Crippen LogP contribution in [0.2, 0.25) is 0 Å². The Morgan fingerprint density at radius 2 is 2.28 bits per heavy atom. The van der Waals surface area contributed by atoms with Gasteiger partial charge in [0.2, 0.25) is 0 Å². The van der Waals surface area contributed by atoms with Gasteiger partial charge in [0.05, 0.1) is 13.8 Å². The molecule has 0 radical (unpaired) electrons. The summed E-state index contributed by atoms with van der Waals surface area (Å²) in [6.45, 7) is 2.38. The van der Waals surface area contributed by atoms with Crippen LogP contribution < -0.4 is 5.32 Å². The number of H-pyrrole nitrogens is 1. The van der Waals surface area contributed by atoms with Gasteiger partial charge in [-0.05, 0) is 24.6 Å². The molecule has 0 bridgehead atoms. The minimum atomic E-state index is -0.118. The van der Waals surface area contributed by atoms with Crippen molar-refractivity contribution in [2.24, 2.45) is 0 Å². The van der Waals surface area contributed by atoms with Gasteiger partial charge in [-0.15, -0.1) is 0 Å². The molecule has 5 heteroatoms. The van der Waals surface area contributed by atoms with E-state index < -0.39 is 0 Å². The Balaban J connectivity index is 2.13. The molecule has 18 heavy (non-hydrogen) atoms. The predicted molar refractivity (Wildman–Crippen MR) is 70.1 cm³/mol. The largest absolute Gasteiger partial charge is 0.361 e. The molecule has 0 atom stereocenters. The number of rotatable bonds is 4. The van der Waals surface area contributed by atoms with Crippen LogP contribution in [-0.4, -0.2) is 36.8 Å². The number of nitrogens with one attached hydrogen (secondary N) is 2. The van der Waals surface area contributed by atoms with Crippen molar-refractivity contribution in [3.8, 4) is 0 Å². The van der Waals surface area contributed by atoms with Crippen LogP contribution in [0.25, 0.3) is 10.9 Å². The summed E-state index contributed by atoms with van der Waals surface area (Å²) in [4.78, 5) is 20.0. The molecule has 0 saturated heterocycles. The third-order valence-corrected chi connectivity index (χ3v) is 2.92. The van der Waals surface area contributed by atoms with E-state index in [0.717, 1.165) is 10.9 Å². The van der Waals surface area contributed by atoms with Gasteiger partial charge in [-0.1, -0.05) is 6.07 Å². The minimum absolute atomic E-state index is 0.118. The van der Waals surface area contributed by atoms with Gasteiger partial charge in [0.1, 0.15) is 0 Å². The predicted octanol–water partition coefficient (Wildman–Crippen LogP) is 1.66. The van der Waals surface area contributed by atoms with Gasteiger partial charge < -0.3 is 15.1 Å². The lowest BCUT2D eigenvalue weighted by atomic mass is 10.1. The molecular formula is C13H17N3O2. The Kier molecular flexibility index (Phi) is 3.64. The molecule has 1 amide bonds. The second-order valence-electron chi connectivity index (χ2n) is 4.21. The van der Waals surface area contributed by atoms with E-state index in [0.29, 0.717) is 12.2 Å². The number of amides is 1. The van der Waals surface area contributed by atoms with Crippen LogP contribution in [0.3, 0.4) is 0 Å². The molecule has 96 valence electrons. The number of aromatic nitrogens is 1. The summed E-state index contributed by atoms with van der Waals surface area (Å²) in [5.74, 6) is -0.118. The summed E-state index contributed by atoms with van der Waals surface area (Å²) in [6, 6.07) is 5.63. The zero-order valence-electron chi connectivity index (χ0n) is 10.8. The van der Waals surface area contributed by atoms with Crippen molar-refractivity contribution in [3.05, 3.63) is 35.5 Å².